The number of aliphatic hydroxyl groups excluding tert-OH is 3. The zero-order valence-electron chi connectivity index (χ0n) is 9.30. The quantitative estimate of drug-likeness (QED) is 0.472. The fourth-order valence-electron chi connectivity index (χ4n) is 1.73. The minimum absolute atomic E-state index is 0. The maximum atomic E-state index is 11.5. The number of nitrogen functional groups attached to an aromatic ring is 1. The Labute approximate surface area is 109 Å². The summed E-state index contributed by atoms with van der Waals surface area (Å²) >= 11 is 0. The van der Waals surface area contributed by atoms with Gasteiger partial charge in [-0.15, -0.1) is 0 Å². The van der Waals surface area contributed by atoms with Crippen molar-refractivity contribution in [1.29, 1.82) is 0 Å². The average molecular weight is 277 g/mol. The lowest BCUT2D eigenvalue weighted by Crippen LogP contribution is -2.36. The van der Waals surface area contributed by atoms with E-state index in [9.17, 15) is 15.0 Å². The molecule has 0 aliphatic carbocycles. The van der Waals surface area contributed by atoms with E-state index < -0.39 is 36.8 Å². The maximum Gasteiger partial charge on any atom is 0.351 e. The highest BCUT2D eigenvalue weighted by Gasteiger charge is 2.43. The number of rotatable bonds is 2. The summed E-state index contributed by atoms with van der Waals surface area (Å²) < 4.78 is 6.19. The summed E-state index contributed by atoms with van der Waals surface area (Å²) in [4.78, 5) is 15.0. The van der Waals surface area contributed by atoms with Crippen LogP contribution in [0.25, 0.3) is 0 Å². The molecular weight excluding hydrogens is 262 g/mol. The van der Waals surface area contributed by atoms with Gasteiger partial charge in [0.2, 0.25) is 0 Å². The van der Waals surface area contributed by atoms with Gasteiger partial charge >= 0.3 is 5.69 Å². The van der Waals surface area contributed by atoms with Crippen LogP contribution in [0.1, 0.15) is 6.23 Å². The third kappa shape index (κ3) is 2.49. The van der Waals surface area contributed by atoms with Gasteiger partial charge in [0, 0.05) is 6.20 Å². The van der Waals surface area contributed by atoms with Gasteiger partial charge in [-0.3, -0.25) is 4.57 Å². The highest BCUT2D eigenvalue weighted by Crippen LogP contribution is 2.27. The molecule has 2 rings (SSSR count). The minimum Gasteiger partial charge on any atom is -0.394 e. The third-order valence-corrected chi connectivity index (χ3v) is 2.64. The first kappa shape index (κ1) is 14.9. The Kier molecular flexibility index (Phi) is 4.71. The molecule has 8 nitrogen and oxygen atoms in total. The van der Waals surface area contributed by atoms with Crippen molar-refractivity contribution in [2.45, 2.75) is 24.5 Å². The van der Waals surface area contributed by atoms with Gasteiger partial charge < -0.3 is 25.8 Å². The van der Waals surface area contributed by atoms with Crippen molar-refractivity contribution in [3.63, 3.8) is 0 Å². The normalized spacial score (nSPS) is 31.1. The van der Waals surface area contributed by atoms with Gasteiger partial charge in [0.25, 0.3) is 0 Å². The van der Waals surface area contributed by atoms with E-state index in [2.05, 4.69) is 4.98 Å². The van der Waals surface area contributed by atoms with Gasteiger partial charge in [0.1, 0.15) is 24.1 Å². The SMILES string of the molecule is Nc1ccn([C@@H]2O[C@H](CO)[C@@H](O)[C@H]2O)c(=O)n1.S. The largest absolute Gasteiger partial charge is 0.394 e. The van der Waals surface area contributed by atoms with Crippen LogP contribution in [0.3, 0.4) is 0 Å². The lowest BCUT2D eigenvalue weighted by atomic mass is 10.1. The molecule has 1 saturated heterocycles. The first-order chi connectivity index (χ1) is 8.04. The predicted molar refractivity (Wildman–Crippen MR) is 66.3 cm³/mol. The van der Waals surface area contributed by atoms with E-state index in [1.54, 1.807) is 0 Å². The molecule has 0 unspecified atom stereocenters. The summed E-state index contributed by atoms with van der Waals surface area (Å²) in [6.07, 6.45) is -3.27. The monoisotopic (exact) mass is 277 g/mol. The molecule has 9 heteroatoms. The van der Waals surface area contributed by atoms with Gasteiger partial charge in [-0.2, -0.15) is 18.5 Å². The van der Waals surface area contributed by atoms with Crippen LogP contribution in [-0.2, 0) is 4.74 Å². The molecule has 102 valence electrons. The number of nitrogens with two attached hydrogens (primary N) is 1. The van der Waals surface area contributed by atoms with Gasteiger partial charge in [-0.25, -0.2) is 4.79 Å². The summed E-state index contributed by atoms with van der Waals surface area (Å²) in [6, 6.07) is 1.37. The number of hydrogen-bond donors (Lipinski definition) is 4. The van der Waals surface area contributed by atoms with Crippen LogP contribution in [0.4, 0.5) is 5.82 Å². The molecule has 18 heavy (non-hydrogen) atoms. The Morgan fingerprint density at radius 3 is 2.61 bits per heavy atom. The molecule has 0 amide bonds. The number of nitrogens with zero attached hydrogens (tertiary/aromatic N) is 2. The topological polar surface area (TPSA) is 131 Å². The molecule has 5 N–H and O–H groups in total. The van der Waals surface area contributed by atoms with Crippen molar-refractivity contribution >= 4 is 19.3 Å². The molecule has 1 aromatic heterocycles. The molecule has 0 saturated carbocycles. The Morgan fingerprint density at radius 1 is 1.44 bits per heavy atom. The van der Waals surface area contributed by atoms with Crippen molar-refractivity contribution in [2.24, 2.45) is 0 Å². The fourth-order valence-corrected chi connectivity index (χ4v) is 1.73. The van der Waals surface area contributed by atoms with E-state index in [-0.39, 0.29) is 19.3 Å². The van der Waals surface area contributed by atoms with Crippen LogP contribution in [-0.4, -0.2) is 49.8 Å². The molecule has 1 aromatic rings. The Morgan fingerprint density at radius 2 is 2.11 bits per heavy atom. The van der Waals surface area contributed by atoms with E-state index in [1.165, 1.54) is 12.3 Å². The van der Waals surface area contributed by atoms with E-state index in [0.717, 1.165) is 4.57 Å². The van der Waals surface area contributed by atoms with Crippen molar-refractivity contribution < 1.29 is 20.1 Å². The summed E-state index contributed by atoms with van der Waals surface area (Å²) in [5.74, 6) is 0.0537. The zero-order chi connectivity index (χ0) is 12.6. The predicted octanol–water partition coefficient (Wildman–Crippen LogP) is -2.45. The van der Waals surface area contributed by atoms with Crippen molar-refractivity contribution in [2.75, 3.05) is 12.3 Å². The van der Waals surface area contributed by atoms with Crippen LogP contribution in [0.2, 0.25) is 0 Å². The first-order valence-corrected chi connectivity index (χ1v) is 5.01. The number of aromatic nitrogens is 2. The summed E-state index contributed by atoms with van der Waals surface area (Å²) in [6.45, 7) is -0.453. The van der Waals surface area contributed by atoms with Gasteiger partial charge in [0.15, 0.2) is 6.23 Å². The summed E-state index contributed by atoms with van der Waals surface area (Å²) in [5.41, 5.74) is 4.63. The lowest BCUT2D eigenvalue weighted by molar-refractivity contribution is -0.0549. The maximum absolute atomic E-state index is 11.5. The van der Waals surface area contributed by atoms with E-state index in [1.807, 2.05) is 0 Å². The average Bonchev–Trinajstić information content (AvgIpc) is 2.57. The van der Waals surface area contributed by atoms with Crippen LogP contribution >= 0.6 is 13.5 Å². The Balaban J connectivity index is 0.00000162. The minimum atomic E-state index is -1.31. The summed E-state index contributed by atoms with van der Waals surface area (Å²) in [7, 11) is 0. The standard InChI is InChI=1S/C9H13N3O5.H2S/c10-5-1-2-12(9(16)11-5)8-7(15)6(14)4(3-13)17-8;/h1-2,4,6-8,13-15H,3H2,(H2,10,11,16);1H2/t4-,6-,7-,8-;/m1./s1. The second kappa shape index (κ2) is 5.67. The second-order valence-corrected chi connectivity index (χ2v) is 3.77. The Hall–Kier alpha value is -1.13. The van der Waals surface area contributed by atoms with Gasteiger partial charge in [-0.05, 0) is 6.07 Å². The number of aliphatic hydroxyl groups is 3. The molecule has 2 heterocycles. The van der Waals surface area contributed by atoms with Gasteiger partial charge in [0.05, 0.1) is 6.61 Å². The molecule has 0 spiro atoms. The highest BCUT2D eigenvalue weighted by molar-refractivity contribution is 7.59. The molecule has 1 fully saturated rings. The molecule has 4 atom stereocenters. The molecular formula is C9H15N3O5S. The number of hydrogen-bond acceptors (Lipinski definition) is 7. The van der Waals surface area contributed by atoms with Crippen LogP contribution in [0.5, 0.6) is 0 Å². The van der Waals surface area contributed by atoms with Gasteiger partial charge in [-0.1, -0.05) is 0 Å². The van der Waals surface area contributed by atoms with E-state index >= 15 is 0 Å². The zero-order valence-corrected chi connectivity index (χ0v) is 10.3. The van der Waals surface area contributed by atoms with Crippen molar-refractivity contribution in [3.05, 3.63) is 22.7 Å². The third-order valence-electron chi connectivity index (χ3n) is 2.64. The van der Waals surface area contributed by atoms with Crippen LogP contribution < -0.4 is 11.4 Å². The van der Waals surface area contributed by atoms with Crippen LogP contribution in [0, 0.1) is 0 Å². The van der Waals surface area contributed by atoms with Crippen molar-refractivity contribution in [1.82, 2.24) is 9.55 Å². The van der Waals surface area contributed by atoms with Crippen molar-refractivity contribution in [3.8, 4) is 0 Å². The molecule has 1 aliphatic rings. The van der Waals surface area contributed by atoms with E-state index in [0.29, 0.717) is 0 Å². The fraction of sp³-hybridized carbons (Fsp3) is 0.556. The molecule has 0 aromatic carbocycles. The molecule has 0 radical (unpaired) electrons. The smallest absolute Gasteiger partial charge is 0.351 e. The lowest BCUT2D eigenvalue weighted by Gasteiger charge is -2.16. The summed E-state index contributed by atoms with van der Waals surface area (Å²) in [5, 5.41) is 28.2. The van der Waals surface area contributed by atoms with E-state index in [4.69, 9.17) is 15.6 Å². The first-order valence-electron chi connectivity index (χ1n) is 5.01. The number of anilines is 1. The van der Waals surface area contributed by atoms with Crippen LogP contribution in [0.15, 0.2) is 17.1 Å². The number of ether oxygens (including phenoxy) is 1. The molecule has 0 bridgehead atoms. The Bertz CT molecular complexity index is 468. The molecule has 1 aliphatic heterocycles. The highest BCUT2D eigenvalue weighted by atomic mass is 32.1. The second-order valence-electron chi connectivity index (χ2n) is 3.77.